The molecule has 1 aliphatic rings. The standard InChI is InChI=1S/C21H30FN3O2/c1-21(2,14-25-11-7-5-6-8-12-25)24(3)20(26)17-13-15-18(27-4)10-9-16(22)19(15)23-17/h9-10,13,23H,5-8,11-12,14H2,1-4H3. The molecule has 2 heterocycles. The second-order valence-electron chi connectivity index (χ2n) is 8.09. The summed E-state index contributed by atoms with van der Waals surface area (Å²) in [6.45, 7) is 7.16. The second-order valence-corrected chi connectivity index (χ2v) is 8.09. The van der Waals surface area contributed by atoms with Crippen LogP contribution in [-0.2, 0) is 0 Å². The fraction of sp³-hybridized carbons (Fsp3) is 0.571. The fourth-order valence-electron chi connectivity index (χ4n) is 3.86. The quantitative estimate of drug-likeness (QED) is 0.858. The lowest BCUT2D eigenvalue weighted by Crippen LogP contribution is -2.52. The summed E-state index contributed by atoms with van der Waals surface area (Å²) in [5.41, 5.74) is 0.345. The van der Waals surface area contributed by atoms with Gasteiger partial charge in [0.2, 0.25) is 0 Å². The predicted octanol–water partition coefficient (Wildman–Crippen LogP) is 4.04. The number of hydrogen-bond donors (Lipinski definition) is 1. The first-order valence-corrected chi connectivity index (χ1v) is 9.69. The molecule has 0 aliphatic carbocycles. The van der Waals surface area contributed by atoms with Crippen molar-refractivity contribution in [3.63, 3.8) is 0 Å². The van der Waals surface area contributed by atoms with Crippen LogP contribution in [0.2, 0.25) is 0 Å². The Morgan fingerprint density at radius 3 is 2.56 bits per heavy atom. The van der Waals surface area contributed by atoms with Crippen molar-refractivity contribution < 1.29 is 13.9 Å². The highest BCUT2D eigenvalue weighted by Crippen LogP contribution is 2.29. The molecule has 3 rings (SSSR count). The molecule has 6 heteroatoms. The second kappa shape index (κ2) is 7.89. The smallest absolute Gasteiger partial charge is 0.270 e. The maximum Gasteiger partial charge on any atom is 0.270 e. The molecule has 148 valence electrons. The van der Waals surface area contributed by atoms with E-state index < -0.39 is 5.82 Å². The Kier molecular flexibility index (Phi) is 5.75. The molecule has 1 amide bonds. The number of halogens is 1. The zero-order valence-electron chi connectivity index (χ0n) is 16.8. The minimum Gasteiger partial charge on any atom is -0.496 e. The number of carbonyl (C=O) groups is 1. The van der Waals surface area contributed by atoms with Gasteiger partial charge in [-0.2, -0.15) is 0 Å². The summed E-state index contributed by atoms with van der Waals surface area (Å²) in [4.78, 5) is 20.2. The summed E-state index contributed by atoms with van der Waals surface area (Å²) in [5.74, 6) is 0.0111. The number of fused-ring (bicyclic) bond motifs is 1. The first kappa shape index (κ1) is 19.7. The molecule has 0 saturated carbocycles. The van der Waals surface area contributed by atoms with Gasteiger partial charge in [0.1, 0.15) is 17.3 Å². The molecule has 27 heavy (non-hydrogen) atoms. The van der Waals surface area contributed by atoms with Gasteiger partial charge in [-0.3, -0.25) is 4.79 Å². The Morgan fingerprint density at radius 1 is 1.26 bits per heavy atom. The Morgan fingerprint density at radius 2 is 1.93 bits per heavy atom. The van der Waals surface area contributed by atoms with Crippen molar-refractivity contribution in [1.82, 2.24) is 14.8 Å². The number of amides is 1. The number of H-pyrrole nitrogens is 1. The third kappa shape index (κ3) is 4.10. The molecule has 0 bridgehead atoms. The van der Waals surface area contributed by atoms with Crippen molar-refractivity contribution in [3.8, 4) is 5.75 Å². The van der Waals surface area contributed by atoms with Gasteiger partial charge in [0.05, 0.1) is 12.6 Å². The zero-order chi connectivity index (χ0) is 19.6. The SMILES string of the molecule is COc1ccc(F)c2[nH]c(C(=O)N(C)C(C)(C)CN3CCCCCC3)cc12. The van der Waals surface area contributed by atoms with Crippen LogP contribution < -0.4 is 4.74 Å². The summed E-state index contributed by atoms with van der Waals surface area (Å²) in [6, 6.07) is 4.60. The maximum atomic E-state index is 14.1. The summed E-state index contributed by atoms with van der Waals surface area (Å²) < 4.78 is 19.4. The first-order valence-electron chi connectivity index (χ1n) is 9.69. The molecule has 2 aromatic rings. The van der Waals surface area contributed by atoms with Crippen LogP contribution in [0.1, 0.15) is 50.0 Å². The Labute approximate surface area is 160 Å². The lowest BCUT2D eigenvalue weighted by molar-refractivity contribution is 0.0531. The summed E-state index contributed by atoms with van der Waals surface area (Å²) in [5, 5.41) is 0.583. The number of ether oxygens (including phenoxy) is 1. The van der Waals surface area contributed by atoms with E-state index in [1.165, 1.54) is 38.9 Å². The monoisotopic (exact) mass is 375 g/mol. The number of rotatable bonds is 5. The van der Waals surface area contributed by atoms with E-state index in [1.807, 2.05) is 7.05 Å². The normalized spacial score (nSPS) is 16.3. The Bertz CT molecular complexity index is 807. The van der Waals surface area contributed by atoms with E-state index in [-0.39, 0.29) is 11.4 Å². The average Bonchev–Trinajstić information content (AvgIpc) is 2.94. The van der Waals surface area contributed by atoms with Gasteiger partial charge < -0.3 is 19.5 Å². The van der Waals surface area contributed by atoms with Gasteiger partial charge in [-0.1, -0.05) is 12.8 Å². The average molecular weight is 375 g/mol. The highest BCUT2D eigenvalue weighted by molar-refractivity contribution is 6.00. The Balaban J connectivity index is 1.81. The number of nitrogens with zero attached hydrogens (tertiary/aromatic N) is 2. The summed E-state index contributed by atoms with van der Waals surface area (Å²) >= 11 is 0. The third-order valence-corrected chi connectivity index (χ3v) is 5.68. The van der Waals surface area contributed by atoms with Crippen LogP contribution in [0.3, 0.4) is 0 Å². The van der Waals surface area contributed by atoms with Crippen LogP contribution >= 0.6 is 0 Å². The lowest BCUT2D eigenvalue weighted by Gasteiger charge is -2.39. The summed E-state index contributed by atoms with van der Waals surface area (Å²) in [6.07, 6.45) is 5.01. The van der Waals surface area contributed by atoms with E-state index in [4.69, 9.17) is 4.74 Å². The molecule has 1 aromatic heterocycles. The molecular formula is C21H30FN3O2. The number of carbonyl (C=O) groups excluding carboxylic acids is 1. The fourth-order valence-corrected chi connectivity index (χ4v) is 3.86. The number of benzene rings is 1. The van der Waals surface area contributed by atoms with Crippen molar-refractivity contribution >= 4 is 16.8 Å². The van der Waals surface area contributed by atoms with Gasteiger partial charge in [-0.25, -0.2) is 4.39 Å². The third-order valence-electron chi connectivity index (χ3n) is 5.68. The summed E-state index contributed by atoms with van der Waals surface area (Å²) in [7, 11) is 3.36. The molecule has 0 atom stereocenters. The van der Waals surface area contributed by atoms with E-state index in [0.717, 1.165) is 19.6 Å². The van der Waals surface area contributed by atoms with E-state index in [0.29, 0.717) is 22.3 Å². The van der Waals surface area contributed by atoms with E-state index in [9.17, 15) is 9.18 Å². The largest absolute Gasteiger partial charge is 0.496 e. The molecule has 1 aromatic carbocycles. The highest BCUT2D eigenvalue weighted by Gasteiger charge is 2.31. The molecule has 5 nitrogen and oxygen atoms in total. The van der Waals surface area contributed by atoms with E-state index >= 15 is 0 Å². The molecule has 1 aliphatic heterocycles. The van der Waals surface area contributed by atoms with Crippen LogP contribution in [0.15, 0.2) is 18.2 Å². The Hall–Kier alpha value is -2.08. The molecular weight excluding hydrogens is 345 g/mol. The molecule has 0 spiro atoms. The molecule has 1 N–H and O–H groups in total. The van der Waals surface area contributed by atoms with Crippen molar-refractivity contribution in [2.24, 2.45) is 0 Å². The zero-order valence-corrected chi connectivity index (χ0v) is 16.8. The molecule has 0 unspecified atom stereocenters. The van der Waals surface area contributed by atoms with Crippen molar-refractivity contribution in [2.75, 3.05) is 33.8 Å². The van der Waals surface area contributed by atoms with Gasteiger partial charge in [0.25, 0.3) is 5.91 Å². The van der Waals surface area contributed by atoms with Crippen molar-refractivity contribution in [3.05, 3.63) is 29.7 Å². The van der Waals surface area contributed by atoms with E-state index in [2.05, 4.69) is 23.7 Å². The number of likely N-dealkylation sites (N-methyl/N-ethyl adjacent to an activating group) is 1. The van der Waals surface area contributed by atoms with Gasteiger partial charge >= 0.3 is 0 Å². The predicted molar refractivity (Wildman–Crippen MR) is 106 cm³/mol. The van der Waals surface area contributed by atoms with Crippen LogP contribution in [0, 0.1) is 5.82 Å². The van der Waals surface area contributed by atoms with Gasteiger partial charge in [-0.15, -0.1) is 0 Å². The van der Waals surface area contributed by atoms with E-state index in [1.54, 1.807) is 17.0 Å². The van der Waals surface area contributed by atoms with Crippen LogP contribution in [0.5, 0.6) is 5.75 Å². The highest BCUT2D eigenvalue weighted by atomic mass is 19.1. The minimum atomic E-state index is -0.392. The molecule has 1 fully saturated rings. The number of likely N-dealkylation sites (tertiary alicyclic amines) is 1. The van der Waals surface area contributed by atoms with Crippen LogP contribution in [0.4, 0.5) is 4.39 Å². The van der Waals surface area contributed by atoms with Gasteiger partial charge in [-0.05, 0) is 58.0 Å². The number of aromatic amines is 1. The first-order chi connectivity index (χ1) is 12.8. The molecule has 0 radical (unpaired) electrons. The lowest BCUT2D eigenvalue weighted by atomic mass is 10.0. The number of methoxy groups -OCH3 is 1. The van der Waals surface area contributed by atoms with Gasteiger partial charge in [0.15, 0.2) is 0 Å². The van der Waals surface area contributed by atoms with Crippen molar-refractivity contribution in [1.29, 1.82) is 0 Å². The number of nitrogens with one attached hydrogen (secondary N) is 1. The van der Waals surface area contributed by atoms with Crippen LogP contribution in [-0.4, -0.2) is 60.0 Å². The van der Waals surface area contributed by atoms with Crippen molar-refractivity contribution in [2.45, 2.75) is 45.1 Å². The number of aromatic nitrogens is 1. The number of hydrogen-bond acceptors (Lipinski definition) is 3. The van der Waals surface area contributed by atoms with Crippen LogP contribution in [0.25, 0.3) is 10.9 Å². The topological polar surface area (TPSA) is 48.6 Å². The van der Waals surface area contributed by atoms with Gasteiger partial charge in [0, 0.05) is 24.5 Å². The maximum absolute atomic E-state index is 14.1. The minimum absolute atomic E-state index is 0.146. The molecule has 1 saturated heterocycles.